The molecular formula is C22H25FN4O4. The molecule has 2 aromatic carbocycles. The van der Waals surface area contributed by atoms with E-state index in [9.17, 15) is 18.8 Å². The van der Waals surface area contributed by atoms with Crippen molar-refractivity contribution < 1.29 is 23.5 Å². The fourth-order valence-electron chi connectivity index (χ4n) is 3.39. The van der Waals surface area contributed by atoms with Gasteiger partial charge in [-0.25, -0.2) is 9.18 Å². The van der Waals surface area contributed by atoms with Crippen LogP contribution in [0.2, 0.25) is 0 Å². The van der Waals surface area contributed by atoms with E-state index in [1.165, 1.54) is 18.2 Å². The first-order valence-corrected chi connectivity index (χ1v) is 10.0. The third-order valence-electron chi connectivity index (χ3n) is 5.01. The van der Waals surface area contributed by atoms with Crippen LogP contribution in [-0.4, -0.2) is 49.0 Å². The van der Waals surface area contributed by atoms with E-state index in [-0.39, 0.29) is 18.4 Å². The number of nitrogens with two attached hydrogens (primary N) is 1. The Bertz CT molecular complexity index is 935. The third kappa shape index (κ3) is 6.70. The Hall–Kier alpha value is -3.62. The second-order valence-electron chi connectivity index (χ2n) is 7.37. The monoisotopic (exact) mass is 428 g/mol. The van der Waals surface area contributed by atoms with Crippen LogP contribution in [0, 0.1) is 11.7 Å². The van der Waals surface area contributed by atoms with Gasteiger partial charge in [-0.2, -0.15) is 0 Å². The van der Waals surface area contributed by atoms with Gasteiger partial charge in [0.15, 0.2) is 6.61 Å². The molecule has 4 amide bonds. The zero-order valence-electron chi connectivity index (χ0n) is 17.0. The summed E-state index contributed by atoms with van der Waals surface area (Å²) in [6.07, 6.45) is 1.72. The maximum atomic E-state index is 13.2. The van der Waals surface area contributed by atoms with Crippen molar-refractivity contribution in [2.45, 2.75) is 12.8 Å². The molecule has 8 nitrogen and oxygen atoms in total. The van der Waals surface area contributed by atoms with E-state index in [1.807, 2.05) is 0 Å². The molecule has 0 aliphatic carbocycles. The number of carbonyl (C=O) groups excluding carboxylic acids is 3. The highest BCUT2D eigenvalue weighted by Gasteiger charge is 2.24. The van der Waals surface area contributed by atoms with Crippen molar-refractivity contribution in [3.05, 3.63) is 59.9 Å². The summed E-state index contributed by atoms with van der Waals surface area (Å²) >= 11 is 0. The van der Waals surface area contributed by atoms with Crippen LogP contribution in [0.3, 0.4) is 0 Å². The molecule has 0 saturated carbocycles. The fraction of sp³-hybridized carbons (Fsp3) is 0.318. The van der Waals surface area contributed by atoms with Crippen LogP contribution in [0.4, 0.5) is 14.9 Å². The number of hydrogen-bond donors (Lipinski definition) is 3. The zero-order valence-corrected chi connectivity index (χ0v) is 17.0. The first kappa shape index (κ1) is 22.1. The number of amides is 4. The van der Waals surface area contributed by atoms with Crippen molar-refractivity contribution >= 4 is 23.5 Å². The zero-order chi connectivity index (χ0) is 22.2. The molecule has 1 unspecified atom stereocenters. The average Bonchev–Trinajstić information content (AvgIpc) is 2.76. The molecule has 1 heterocycles. The van der Waals surface area contributed by atoms with E-state index in [4.69, 9.17) is 10.5 Å². The predicted molar refractivity (Wildman–Crippen MR) is 113 cm³/mol. The van der Waals surface area contributed by atoms with Gasteiger partial charge in [0.25, 0.3) is 5.91 Å². The van der Waals surface area contributed by atoms with Crippen molar-refractivity contribution in [1.82, 2.24) is 10.2 Å². The summed E-state index contributed by atoms with van der Waals surface area (Å²) in [5.74, 6) is -0.508. The van der Waals surface area contributed by atoms with Crippen LogP contribution in [0.25, 0.3) is 0 Å². The molecule has 1 atom stereocenters. The van der Waals surface area contributed by atoms with Gasteiger partial charge in [-0.1, -0.05) is 6.07 Å². The Labute approximate surface area is 179 Å². The van der Waals surface area contributed by atoms with Gasteiger partial charge < -0.3 is 26.0 Å². The smallest absolute Gasteiger partial charge is 0.319 e. The lowest BCUT2D eigenvalue weighted by Crippen LogP contribution is -2.45. The van der Waals surface area contributed by atoms with E-state index in [0.29, 0.717) is 36.6 Å². The van der Waals surface area contributed by atoms with E-state index in [2.05, 4.69) is 10.6 Å². The lowest BCUT2D eigenvalue weighted by Gasteiger charge is -2.32. The first-order chi connectivity index (χ1) is 14.9. The number of halogens is 1. The molecule has 0 radical (unpaired) electrons. The molecule has 0 aromatic heterocycles. The number of carbonyl (C=O) groups is 3. The second-order valence-corrected chi connectivity index (χ2v) is 7.37. The van der Waals surface area contributed by atoms with Gasteiger partial charge >= 0.3 is 6.03 Å². The molecule has 3 rings (SSSR count). The largest absolute Gasteiger partial charge is 0.484 e. The van der Waals surface area contributed by atoms with Gasteiger partial charge in [0.1, 0.15) is 11.6 Å². The van der Waals surface area contributed by atoms with Crippen molar-refractivity contribution in [3.63, 3.8) is 0 Å². The molecule has 1 fully saturated rings. The summed E-state index contributed by atoms with van der Waals surface area (Å²) in [6.45, 7) is 1.44. The summed E-state index contributed by atoms with van der Waals surface area (Å²) in [4.78, 5) is 37.3. The molecule has 9 heteroatoms. The Balaban J connectivity index is 1.42. The Morgan fingerprint density at radius 3 is 2.65 bits per heavy atom. The minimum absolute atomic E-state index is 0.115. The maximum Gasteiger partial charge on any atom is 0.319 e. The molecule has 2 aromatic rings. The quantitative estimate of drug-likeness (QED) is 0.628. The highest BCUT2D eigenvalue weighted by molar-refractivity contribution is 5.92. The number of urea groups is 1. The minimum atomic E-state index is -0.528. The lowest BCUT2D eigenvalue weighted by atomic mass is 9.98. The SMILES string of the molecule is NC(=O)c1ccc(OCC(=O)N2CCCC(CNC(=O)Nc3cccc(F)c3)C2)cc1. The summed E-state index contributed by atoms with van der Waals surface area (Å²) in [5.41, 5.74) is 5.94. The predicted octanol–water partition coefficient (Wildman–Crippen LogP) is 2.36. The standard InChI is InChI=1S/C22H25FN4O4/c23-17-4-1-5-18(11-17)26-22(30)25-12-15-3-2-10-27(13-15)20(28)14-31-19-8-6-16(7-9-19)21(24)29/h1,4-9,11,15H,2-3,10,12-14H2,(H2,24,29)(H2,25,26,30). The van der Waals surface area contributed by atoms with Crippen molar-refractivity contribution in [2.75, 3.05) is 31.6 Å². The van der Waals surface area contributed by atoms with Crippen molar-refractivity contribution in [1.29, 1.82) is 0 Å². The molecule has 1 aliphatic heterocycles. The van der Waals surface area contributed by atoms with Gasteiger partial charge in [0.2, 0.25) is 5.91 Å². The molecule has 164 valence electrons. The third-order valence-corrected chi connectivity index (χ3v) is 5.01. The Kier molecular flexibility index (Phi) is 7.42. The highest BCUT2D eigenvalue weighted by Crippen LogP contribution is 2.17. The Morgan fingerprint density at radius 2 is 1.94 bits per heavy atom. The van der Waals surface area contributed by atoms with E-state index in [0.717, 1.165) is 12.8 Å². The minimum Gasteiger partial charge on any atom is -0.484 e. The molecular weight excluding hydrogens is 403 g/mol. The number of nitrogens with one attached hydrogen (secondary N) is 2. The van der Waals surface area contributed by atoms with Gasteiger partial charge in [-0.3, -0.25) is 9.59 Å². The maximum absolute atomic E-state index is 13.2. The molecule has 1 aliphatic rings. The molecule has 0 bridgehead atoms. The summed E-state index contributed by atoms with van der Waals surface area (Å²) < 4.78 is 18.7. The first-order valence-electron chi connectivity index (χ1n) is 10.0. The van der Waals surface area contributed by atoms with Crippen LogP contribution in [0.1, 0.15) is 23.2 Å². The number of hydrogen-bond acceptors (Lipinski definition) is 4. The number of piperidine rings is 1. The second kappa shape index (κ2) is 10.4. The fourth-order valence-corrected chi connectivity index (χ4v) is 3.39. The summed E-state index contributed by atoms with van der Waals surface area (Å²) in [7, 11) is 0. The van der Waals surface area contributed by atoms with Gasteiger partial charge in [0.05, 0.1) is 0 Å². The number of nitrogens with zero attached hydrogens (tertiary/aromatic N) is 1. The molecule has 0 spiro atoms. The highest BCUT2D eigenvalue weighted by atomic mass is 19.1. The van der Waals surface area contributed by atoms with Crippen molar-refractivity contribution in [3.8, 4) is 5.75 Å². The van der Waals surface area contributed by atoms with E-state index < -0.39 is 17.8 Å². The van der Waals surface area contributed by atoms with Crippen molar-refractivity contribution in [2.24, 2.45) is 11.7 Å². The summed E-state index contributed by atoms with van der Waals surface area (Å²) in [6, 6.07) is 11.5. The number of anilines is 1. The van der Waals surface area contributed by atoms with E-state index in [1.54, 1.807) is 35.2 Å². The van der Waals surface area contributed by atoms with Gasteiger partial charge in [0, 0.05) is 30.9 Å². The van der Waals surface area contributed by atoms with Crippen LogP contribution >= 0.6 is 0 Å². The molecule has 4 N–H and O–H groups in total. The van der Waals surface area contributed by atoms with Gasteiger partial charge in [-0.05, 0) is 61.2 Å². The van der Waals surface area contributed by atoms with Crippen LogP contribution in [-0.2, 0) is 4.79 Å². The number of benzene rings is 2. The number of rotatable bonds is 7. The van der Waals surface area contributed by atoms with Gasteiger partial charge in [-0.15, -0.1) is 0 Å². The summed E-state index contributed by atoms with van der Waals surface area (Å²) in [5, 5.41) is 5.36. The van der Waals surface area contributed by atoms with E-state index >= 15 is 0 Å². The number of primary amides is 1. The number of likely N-dealkylation sites (tertiary alicyclic amines) is 1. The lowest BCUT2D eigenvalue weighted by molar-refractivity contribution is -0.135. The van der Waals surface area contributed by atoms with Crippen LogP contribution in [0.15, 0.2) is 48.5 Å². The molecule has 1 saturated heterocycles. The topological polar surface area (TPSA) is 114 Å². The normalized spacial score (nSPS) is 15.8. The Morgan fingerprint density at radius 1 is 1.16 bits per heavy atom. The van der Waals surface area contributed by atoms with Crippen LogP contribution in [0.5, 0.6) is 5.75 Å². The number of ether oxygens (including phenoxy) is 1. The van der Waals surface area contributed by atoms with Crippen LogP contribution < -0.4 is 21.1 Å². The molecule has 31 heavy (non-hydrogen) atoms. The average molecular weight is 428 g/mol.